The molecule has 3 nitrogen and oxygen atoms in total. The number of carbonyl (C=O) groups excluding carboxylic acids is 1. The number of carbonyl (C=O) groups is 1. The number of thioether (sulfide) groups is 1. The summed E-state index contributed by atoms with van der Waals surface area (Å²) >= 11 is 3.17. The van der Waals surface area contributed by atoms with E-state index in [1.54, 1.807) is 23.1 Å². The van der Waals surface area contributed by atoms with E-state index in [4.69, 9.17) is 0 Å². The molecule has 0 saturated heterocycles. The Kier molecular flexibility index (Phi) is 5.18. The molecular weight excluding hydrogens is 242 g/mol. The van der Waals surface area contributed by atoms with E-state index in [9.17, 15) is 9.90 Å². The highest BCUT2D eigenvalue weighted by atomic mass is 32.2. The molecule has 5 heteroatoms. The van der Waals surface area contributed by atoms with E-state index < -0.39 is 6.10 Å². The maximum absolute atomic E-state index is 10.9. The van der Waals surface area contributed by atoms with Gasteiger partial charge >= 0.3 is 0 Å². The zero-order valence-electron chi connectivity index (χ0n) is 9.56. The third kappa shape index (κ3) is 4.08. The Bertz CT molecular complexity index is 398. The first-order valence-electron chi connectivity index (χ1n) is 4.88. The van der Waals surface area contributed by atoms with Gasteiger partial charge in [-0.3, -0.25) is 4.79 Å². The van der Waals surface area contributed by atoms with E-state index in [2.05, 4.69) is 4.98 Å². The Labute approximate surface area is 104 Å². The van der Waals surface area contributed by atoms with Crippen LogP contribution in [0.5, 0.6) is 0 Å². The molecule has 0 aliphatic carbocycles. The van der Waals surface area contributed by atoms with Gasteiger partial charge in [-0.05, 0) is 31.8 Å². The molecule has 1 heterocycles. The van der Waals surface area contributed by atoms with Crippen molar-refractivity contribution < 1.29 is 9.90 Å². The van der Waals surface area contributed by atoms with Crippen LogP contribution in [0.4, 0.5) is 0 Å². The number of rotatable bonds is 5. The molecule has 0 aromatic carbocycles. The van der Waals surface area contributed by atoms with E-state index in [1.165, 1.54) is 6.92 Å². The Morgan fingerprint density at radius 1 is 1.69 bits per heavy atom. The first-order chi connectivity index (χ1) is 7.52. The lowest BCUT2D eigenvalue weighted by molar-refractivity contribution is -0.118. The lowest BCUT2D eigenvalue weighted by Gasteiger charge is -2.08. The molecule has 0 unspecified atom stereocenters. The van der Waals surface area contributed by atoms with Crippen molar-refractivity contribution in [1.82, 2.24) is 4.98 Å². The fourth-order valence-electron chi connectivity index (χ4n) is 1.19. The summed E-state index contributed by atoms with van der Waals surface area (Å²) in [4.78, 5) is 15.2. The van der Waals surface area contributed by atoms with Crippen molar-refractivity contribution in [2.45, 2.75) is 30.7 Å². The van der Waals surface area contributed by atoms with Gasteiger partial charge in [-0.15, -0.1) is 11.3 Å². The second kappa shape index (κ2) is 6.18. The number of hydrogen-bond acceptors (Lipinski definition) is 5. The lowest BCUT2D eigenvalue weighted by Crippen LogP contribution is -2.12. The molecule has 1 aromatic heterocycles. The third-order valence-corrected chi connectivity index (χ3v) is 3.94. The molecule has 16 heavy (non-hydrogen) atoms. The molecule has 0 bridgehead atoms. The minimum atomic E-state index is -0.697. The number of ketones is 1. The van der Waals surface area contributed by atoms with Crippen LogP contribution in [0, 0.1) is 0 Å². The van der Waals surface area contributed by atoms with Gasteiger partial charge in [0.15, 0.2) is 0 Å². The van der Waals surface area contributed by atoms with Crippen LogP contribution in [0.15, 0.2) is 15.3 Å². The van der Waals surface area contributed by atoms with Gasteiger partial charge in [-0.25, -0.2) is 4.98 Å². The predicted molar refractivity (Wildman–Crippen MR) is 68.9 cm³/mol. The van der Waals surface area contributed by atoms with Gasteiger partial charge in [0.2, 0.25) is 0 Å². The first-order valence-corrected chi connectivity index (χ1v) is 6.98. The smallest absolute Gasteiger partial charge is 0.150 e. The molecular formula is C11H15NO2S2. The number of aliphatic hydroxyl groups excluding tert-OH is 1. The van der Waals surface area contributed by atoms with Crippen molar-refractivity contribution in [3.63, 3.8) is 0 Å². The van der Waals surface area contributed by atoms with Crippen molar-refractivity contribution in [2.75, 3.05) is 6.26 Å². The van der Waals surface area contributed by atoms with Gasteiger partial charge in [0.05, 0.1) is 11.8 Å². The average Bonchev–Trinajstić information content (AvgIpc) is 2.64. The van der Waals surface area contributed by atoms with Crippen molar-refractivity contribution in [3.8, 4) is 0 Å². The highest BCUT2D eigenvalue weighted by molar-refractivity contribution is 8.00. The van der Waals surface area contributed by atoms with Gasteiger partial charge in [0.25, 0.3) is 0 Å². The van der Waals surface area contributed by atoms with E-state index in [-0.39, 0.29) is 12.2 Å². The lowest BCUT2D eigenvalue weighted by atomic mass is 10.1. The molecule has 88 valence electrons. The largest absolute Gasteiger partial charge is 0.388 e. The van der Waals surface area contributed by atoms with E-state index in [0.717, 1.165) is 15.6 Å². The summed E-state index contributed by atoms with van der Waals surface area (Å²) in [6.45, 7) is 3.29. The number of thiazole rings is 1. The van der Waals surface area contributed by atoms with E-state index in [0.29, 0.717) is 0 Å². The normalized spacial score (nSPS) is 13.9. The predicted octanol–water partition coefficient (Wildman–Crippen LogP) is 2.61. The molecule has 0 aliphatic heterocycles. The number of Topliss-reactive ketones (excluding diaryl/α,β-unsaturated/α-hetero) is 1. The summed E-state index contributed by atoms with van der Waals surface area (Å²) in [5, 5.41) is 11.6. The zero-order chi connectivity index (χ0) is 12.1. The fourth-order valence-corrected chi connectivity index (χ4v) is 2.42. The Hall–Kier alpha value is -0.650. The standard InChI is InChI=1S/C11H15NO2S2/c1-7(10(14)5-8(2)13)4-9-6-16-11(12-9)15-3/h4,6,10,14H,5H2,1-3H3/b7-4+/t10-/m0/s1. The second-order valence-corrected chi connectivity index (χ2v) is 5.46. The summed E-state index contributed by atoms with van der Waals surface area (Å²) in [7, 11) is 0. The molecule has 0 fully saturated rings. The minimum Gasteiger partial charge on any atom is -0.388 e. The van der Waals surface area contributed by atoms with Crippen LogP contribution < -0.4 is 0 Å². The molecule has 1 N–H and O–H groups in total. The number of hydrogen-bond donors (Lipinski definition) is 1. The summed E-state index contributed by atoms with van der Waals surface area (Å²) in [6, 6.07) is 0. The summed E-state index contributed by atoms with van der Waals surface area (Å²) < 4.78 is 1.00. The maximum atomic E-state index is 10.9. The van der Waals surface area contributed by atoms with Crippen LogP contribution in [-0.2, 0) is 4.79 Å². The van der Waals surface area contributed by atoms with E-state index >= 15 is 0 Å². The average molecular weight is 257 g/mol. The van der Waals surface area contributed by atoms with Gasteiger partial charge in [-0.2, -0.15) is 0 Å². The quantitative estimate of drug-likeness (QED) is 0.824. The Morgan fingerprint density at radius 2 is 2.38 bits per heavy atom. The van der Waals surface area contributed by atoms with Gasteiger partial charge in [0, 0.05) is 11.8 Å². The number of aliphatic hydroxyl groups is 1. The van der Waals surface area contributed by atoms with Crippen LogP contribution in [0.1, 0.15) is 26.0 Å². The van der Waals surface area contributed by atoms with Crippen molar-refractivity contribution in [3.05, 3.63) is 16.6 Å². The first kappa shape index (κ1) is 13.4. The van der Waals surface area contributed by atoms with Crippen LogP contribution in [0.3, 0.4) is 0 Å². The Morgan fingerprint density at radius 3 is 2.88 bits per heavy atom. The molecule has 1 atom stereocenters. The van der Waals surface area contributed by atoms with Crippen molar-refractivity contribution >= 4 is 35.0 Å². The summed E-state index contributed by atoms with van der Waals surface area (Å²) in [5.74, 6) is -0.0108. The molecule has 1 rings (SSSR count). The molecule has 0 aliphatic rings. The fraction of sp³-hybridized carbons (Fsp3) is 0.455. The van der Waals surface area contributed by atoms with Crippen LogP contribution in [0.25, 0.3) is 6.08 Å². The SMILES string of the molecule is CSc1nc(/C=C(\C)[C@@H](O)CC(C)=O)cs1. The highest BCUT2D eigenvalue weighted by Gasteiger charge is 2.09. The second-order valence-electron chi connectivity index (χ2n) is 3.55. The van der Waals surface area contributed by atoms with Gasteiger partial charge < -0.3 is 5.11 Å². The third-order valence-electron chi connectivity index (χ3n) is 2.06. The molecule has 0 amide bonds. The molecule has 0 saturated carbocycles. The monoisotopic (exact) mass is 257 g/mol. The number of aromatic nitrogens is 1. The van der Waals surface area contributed by atoms with Crippen LogP contribution in [-0.4, -0.2) is 28.2 Å². The summed E-state index contributed by atoms with van der Waals surface area (Å²) in [6.07, 6.45) is 3.27. The van der Waals surface area contributed by atoms with E-state index in [1.807, 2.05) is 24.6 Å². The molecule has 0 radical (unpaired) electrons. The zero-order valence-corrected chi connectivity index (χ0v) is 11.2. The van der Waals surface area contributed by atoms with Crippen LogP contribution in [0.2, 0.25) is 0 Å². The van der Waals surface area contributed by atoms with Gasteiger partial charge in [-0.1, -0.05) is 11.8 Å². The topological polar surface area (TPSA) is 50.2 Å². The summed E-state index contributed by atoms with van der Waals surface area (Å²) in [5.41, 5.74) is 1.61. The van der Waals surface area contributed by atoms with Crippen molar-refractivity contribution in [1.29, 1.82) is 0 Å². The maximum Gasteiger partial charge on any atom is 0.150 e. The number of nitrogens with zero attached hydrogens (tertiary/aromatic N) is 1. The highest BCUT2D eigenvalue weighted by Crippen LogP contribution is 2.21. The van der Waals surface area contributed by atoms with Gasteiger partial charge in [0.1, 0.15) is 10.1 Å². The minimum absolute atomic E-state index is 0.0108. The Balaban J connectivity index is 2.71. The van der Waals surface area contributed by atoms with Crippen LogP contribution >= 0.6 is 23.1 Å². The molecule has 0 spiro atoms. The van der Waals surface area contributed by atoms with Crippen molar-refractivity contribution in [2.24, 2.45) is 0 Å². The molecule has 1 aromatic rings.